The number of thiocarbonyl (C=S) groups is 1. The Labute approximate surface area is 137 Å². The lowest BCUT2D eigenvalue weighted by molar-refractivity contribution is 0.600. The van der Waals surface area contributed by atoms with Crippen molar-refractivity contribution < 1.29 is 8.42 Å². The normalized spacial score (nSPS) is 11.1. The number of sulfonamides is 1. The number of aryl methyl sites for hydroxylation is 1. The van der Waals surface area contributed by atoms with Gasteiger partial charge in [-0.2, -0.15) is 0 Å². The average Bonchev–Trinajstić information content (AvgIpc) is 2.38. The van der Waals surface area contributed by atoms with Gasteiger partial charge in [0.15, 0.2) is 0 Å². The Bertz CT molecular complexity index is 804. The van der Waals surface area contributed by atoms with Crippen molar-refractivity contribution in [3.05, 3.63) is 58.1 Å². The van der Waals surface area contributed by atoms with E-state index in [0.717, 1.165) is 4.47 Å². The maximum atomic E-state index is 12.5. The molecule has 2 aromatic carbocycles. The van der Waals surface area contributed by atoms with E-state index in [1.807, 2.05) is 6.07 Å². The van der Waals surface area contributed by atoms with Gasteiger partial charge in [0.1, 0.15) is 4.99 Å². The van der Waals surface area contributed by atoms with Crippen molar-refractivity contribution in [1.29, 1.82) is 0 Å². The summed E-state index contributed by atoms with van der Waals surface area (Å²) in [5, 5.41) is 0. The second-order valence-electron chi connectivity index (χ2n) is 4.46. The third-order valence-corrected chi connectivity index (χ3v) is 5.09. The molecule has 0 spiro atoms. The first-order valence-electron chi connectivity index (χ1n) is 5.98. The van der Waals surface area contributed by atoms with E-state index in [1.54, 1.807) is 37.3 Å². The van der Waals surface area contributed by atoms with Gasteiger partial charge in [-0.25, -0.2) is 8.42 Å². The Morgan fingerprint density at radius 1 is 1.24 bits per heavy atom. The third kappa shape index (κ3) is 3.81. The summed E-state index contributed by atoms with van der Waals surface area (Å²) < 4.78 is 28.3. The van der Waals surface area contributed by atoms with Crippen molar-refractivity contribution in [3.63, 3.8) is 0 Å². The molecule has 7 heteroatoms. The number of nitrogens with two attached hydrogens (primary N) is 1. The topological polar surface area (TPSA) is 72.2 Å². The van der Waals surface area contributed by atoms with Crippen molar-refractivity contribution in [2.24, 2.45) is 5.73 Å². The van der Waals surface area contributed by atoms with Gasteiger partial charge in [-0.15, -0.1) is 0 Å². The zero-order chi connectivity index (χ0) is 15.6. The second kappa shape index (κ2) is 6.13. The number of hydrogen-bond acceptors (Lipinski definition) is 3. The van der Waals surface area contributed by atoms with Crippen LogP contribution in [0.1, 0.15) is 11.1 Å². The number of hydrogen-bond donors (Lipinski definition) is 2. The number of nitrogens with one attached hydrogen (secondary N) is 1. The van der Waals surface area contributed by atoms with Crippen molar-refractivity contribution in [2.45, 2.75) is 11.8 Å². The number of rotatable bonds is 4. The number of anilines is 1. The minimum atomic E-state index is -3.70. The lowest BCUT2D eigenvalue weighted by Gasteiger charge is -2.12. The summed E-state index contributed by atoms with van der Waals surface area (Å²) in [5.41, 5.74) is 7.18. The maximum absolute atomic E-state index is 12.5. The van der Waals surface area contributed by atoms with E-state index >= 15 is 0 Å². The Morgan fingerprint density at radius 3 is 2.57 bits per heavy atom. The smallest absolute Gasteiger partial charge is 0.262 e. The zero-order valence-corrected chi connectivity index (χ0v) is 14.3. The molecule has 0 aromatic heterocycles. The molecule has 2 rings (SSSR count). The van der Waals surface area contributed by atoms with Crippen LogP contribution in [-0.2, 0) is 10.0 Å². The molecule has 0 atom stereocenters. The van der Waals surface area contributed by atoms with Gasteiger partial charge in [0.25, 0.3) is 10.0 Å². The molecule has 3 N–H and O–H groups in total. The van der Waals surface area contributed by atoms with E-state index in [1.165, 1.54) is 6.07 Å². The largest absolute Gasteiger partial charge is 0.389 e. The molecule has 0 saturated heterocycles. The molecular formula is C14H13BrN2O2S2. The molecule has 110 valence electrons. The molecule has 4 nitrogen and oxygen atoms in total. The Kier molecular flexibility index (Phi) is 4.65. The minimum Gasteiger partial charge on any atom is -0.389 e. The van der Waals surface area contributed by atoms with Crippen LogP contribution in [0.25, 0.3) is 0 Å². The molecular weight excluding hydrogens is 372 g/mol. The second-order valence-corrected chi connectivity index (χ2v) is 7.47. The van der Waals surface area contributed by atoms with Crippen LogP contribution in [0.5, 0.6) is 0 Å². The van der Waals surface area contributed by atoms with Crippen LogP contribution in [0.3, 0.4) is 0 Å². The molecule has 0 saturated carbocycles. The van der Waals surface area contributed by atoms with Crippen LogP contribution in [-0.4, -0.2) is 13.4 Å². The maximum Gasteiger partial charge on any atom is 0.262 e. The van der Waals surface area contributed by atoms with Crippen LogP contribution in [0, 0.1) is 6.92 Å². The summed E-state index contributed by atoms with van der Waals surface area (Å²) in [5.74, 6) is 0. The van der Waals surface area contributed by atoms with Gasteiger partial charge in [0.2, 0.25) is 0 Å². The molecule has 0 heterocycles. The zero-order valence-electron chi connectivity index (χ0n) is 11.1. The molecule has 0 aliphatic rings. The predicted molar refractivity (Wildman–Crippen MR) is 92.0 cm³/mol. The highest BCUT2D eigenvalue weighted by atomic mass is 79.9. The van der Waals surface area contributed by atoms with Crippen molar-refractivity contribution in [1.82, 2.24) is 0 Å². The molecule has 0 aliphatic heterocycles. The van der Waals surface area contributed by atoms with Crippen molar-refractivity contribution in [2.75, 3.05) is 4.72 Å². The fraction of sp³-hybridized carbons (Fsp3) is 0.0714. The molecule has 0 radical (unpaired) electrons. The van der Waals surface area contributed by atoms with Gasteiger partial charge in [0, 0.05) is 15.7 Å². The Balaban J connectivity index is 2.44. The van der Waals surface area contributed by atoms with Gasteiger partial charge < -0.3 is 5.73 Å². The van der Waals surface area contributed by atoms with Gasteiger partial charge in [0.05, 0.1) is 4.90 Å². The molecule has 0 amide bonds. The highest BCUT2D eigenvalue weighted by Crippen LogP contribution is 2.22. The van der Waals surface area contributed by atoms with Crippen molar-refractivity contribution >= 4 is 48.8 Å². The molecule has 2 aromatic rings. The fourth-order valence-corrected chi connectivity index (χ4v) is 3.65. The summed E-state index contributed by atoms with van der Waals surface area (Å²) in [6.45, 7) is 1.72. The summed E-state index contributed by atoms with van der Waals surface area (Å²) in [6.07, 6.45) is 0. The number of benzene rings is 2. The molecule has 0 fully saturated rings. The van der Waals surface area contributed by atoms with E-state index in [9.17, 15) is 8.42 Å². The van der Waals surface area contributed by atoms with Gasteiger partial charge >= 0.3 is 0 Å². The van der Waals surface area contributed by atoms with E-state index in [0.29, 0.717) is 16.8 Å². The summed E-state index contributed by atoms with van der Waals surface area (Å²) >= 11 is 8.19. The molecule has 21 heavy (non-hydrogen) atoms. The first-order valence-corrected chi connectivity index (χ1v) is 8.67. The van der Waals surface area contributed by atoms with E-state index in [-0.39, 0.29) is 9.88 Å². The van der Waals surface area contributed by atoms with E-state index in [4.69, 9.17) is 18.0 Å². The third-order valence-electron chi connectivity index (χ3n) is 2.84. The summed E-state index contributed by atoms with van der Waals surface area (Å²) in [7, 11) is -3.70. The van der Waals surface area contributed by atoms with Gasteiger partial charge in [-0.05, 0) is 36.8 Å². The summed E-state index contributed by atoms with van der Waals surface area (Å²) in [6, 6.07) is 11.8. The molecule has 0 bridgehead atoms. The standard InChI is InChI=1S/C14H13BrN2O2S2/c1-9-5-6-10(14(16)20)7-13(9)21(18,19)17-12-4-2-3-11(15)8-12/h2-8,17H,1H3,(H2,16,20). The average molecular weight is 385 g/mol. The van der Waals surface area contributed by atoms with Crippen LogP contribution in [0.15, 0.2) is 51.8 Å². The van der Waals surface area contributed by atoms with Crippen LogP contribution >= 0.6 is 28.1 Å². The SMILES string of the molecule is Cc1ccc(C(N)=S)cc1S(=O)(=O)Nc1cccc(Br)c1. The van der Waals surface area contributed by atoms with Gasteiger partial charge in [-0.1, -0.05) is 46.3 Å². The quantitative estimate of drug-likeness (QED) is 0.793. The van der Waals surface area contributed by atoms with Gasteiger partial charge in [-0.3, -0.25) is 4.72 Å². The van der Waals surface area contributed by atoms with Crippen LogP contribution in [0.2, 0.25) is 0 Å². The fourth-order valence-electron chi connectivity index (χ4n) is 1.80. The van der Waals surface area contributed by atoms with Crippen molar-refractivity contribution in [3.8, 4) is 0 Å². The molecule has 0 unspecified atom stereocenters. The molecule has 0 aliphatic carbocycles. The monoisotopic (exact) mass is 384 g/mol. The first-order chi connectivity index (χ1) is 9.79. The highest BCUT2D eigenvalue weighted by Gasteiger charge is 2.18. The van der Waals surface area contributed by atoms with E-state index in [2.05, 4.69) is 20.7 Å². The van der Waals surface area contributed by atoms with Crippen LogP contribution in [0.4, 0.5) is 5.69 Å². The minimum absolute atomic E-state index is 0.160. The predicted octanol–water partition coefficient (Wildman–Crippen LogP) is 3.19. The number of halogens is 1. The Hall–Kier alpha value is -1.44. The summed E-state index contributed by atoms with van der Waals surface area (Å²) in [4.78, 5) is 0.321. The lowest BCUT2D eigenvalue weighted by Crippen LogP contribution is -2.16. The Morgan fingerprint density at radius 2 is 1.95 bits per heavy atom. The first kappa shape index (κ1) is 15.9. The van der Waals surface area contributed by atoms with E-state index < -0.39 is 10.0 Å². The van der Waals surface area contributed by atoms with Crippen LogP contribution < -0.4 is 10.5 Å². The highest BCUT2D eigenvalue weighted by molar-refractivity contribution is 9.10. The lowest BCUT2D eigenvalue weighted by atomic mass is 10.1.